The monoisotopic (exact) mass is 391 g/mol. The second kappa shape index (κ2) is 7.50. The van der Waals surface area contributed by atoms with E-state index in [4.69, 9.17) is 4.74 Å². The van der Waals surface area contributed by atoms with Crippen LogP contribution in [0.1, 0.15) is 27.8 Å². The summed E-state index contributed by atoms with van der Waals surface area (Å²) in [5.74, 6) is -0.559. The van der Waals surface area contributed by atoms with E-state index in [1.54, 1.807) is 49.2 Å². The molecule has 0 unspecified atom stereocenters. The minimum Gasteiger partial charge on any atom is -0.462 e. The van der Waals surface area contributed by atoms with Gasteiger partial charge >= 0.3 is 5.97 Å². The van der Waals surface area contributed by atoms with Crippen LogP contribution in [0.4, 0.5) is 5.69 Å². The van der Waals surface area contributed by atoms with Gasteiger partial charge in [-0.1, -0.05) is 0 Å². The lowest BCUT2D eigenvalue weighted by Crippen LogP contribution is -2.20. The molecule has 4 rings (SSSR count). The van der Waals surface area contributed by atoms with Crippen LogP contribution in [0.25, 0.3) is 17.0 Å². The fraction of sp³-hybridized carbons (Fsp3) is 0.158. The Bertz CT molecular complexity index is 1200. The van der Waals surface area contributed by atoms with Crippen LogP contribution in [0, 0.1) is 0 Å². The lowest BCUT2D eigenvalue weighted by atomic mass is 10.2. The van der Waals surface area contributed by atoms with Crippen molar-refractivity contribution in [3.05, 3.63) is 60.3 Å². The Morgan fingerprint density at radius 3 is 2.83 bits per heavy atom. The SMILES string of the molecule is CCOC(=O)c1cnn(C)c1C(=O)Nc1ccc2nc(-c3cccnc3)nn2c1. The maximum absolute atomic E-state index is 12.8. The summed E-state index contributed by atoms with van der Waals surface area (Å²) in [7, 11) is 1.58. The van der Waals surface area contributed by atoms with Crippen molar-refractivity contribution < 1.29 is 14.3 Å². The normalized spacial score (nSPS) is 10.8. The zero-order valence-electron chi connectivity index (χ0n) is 15.7. The van der Waals surface area contributed by atoms with E-state index < -0.39 is 11.9 Å². The summed E-state index contributed by atoms with van der Waals surface area (Å²) in [5.41, 5.74) is 2.11. The van der Waals surface area contributed by atoms with Gasteiger partial charge in [0.25, 0.3) is 5.91 Å². The number of aromatic nitrogens is 6. The summed E-state index contributed by atoms with van der Waals surface area (Å²) in [6.07, 6.45) is 6.31. The molecule has 4 heterocycles. The van der Waals surface area contributed by atoms with Gasteiger partial charge in [-0.05, 0) is 31.2 Å². The average molecular weight is 391 g/mol. The highest BCUT2D eigenvalue weighted by Crippen LogP contribution is 2.18. The van der Waals surface area contributed by atoms with Crippen molar-refractivity contribution in [1.29, 1.82) is 0 Å². The van der Waals surface area contributed by atoms with E-state index in [9.17, 15) is 9.59 Å². The molecule has 0 atom stereocenters. The Morgan fingerprint density at radius 2 is 2.07 bits per heavy atom. The molecule has 0 aromatic carbocycles. The van der Waals surface area contributed by atoms with Gasteiger partial charge in [0.2, 0.25) is 0 Å². The second-order valence-corrected chi connectivity index (χ2v) is 6.10. The standard InChI is InChI=1S/C19H17N7O3/c1-3-29-19(28)14-10-21-25(2)16(14)18(27)22-13-6-7-15-23-17(24-26(15)11-13)12-5-4-8-20-9-12/h4-11H,3H2,1-2H3,(H,22,27). The molecule has 10 nitrogen and oxygen atoms in total. The number of ether oxygens (including phenoxy) is 1. The molecule has 146 valence electrons. The predicted octanol–water partition coefficient (Wildman–Crippen LogP) is 1.95. The predicted molar refractivity (Wildman–Crippen MR) is 103 cm³/mol. The molecule has 4 aromatic heterocycles. The number of carbonyl (C=O) groups is 2. The molecule has 0 spiro atoms. The van der Waals surface area contributed by atoms with Crippen molar-refractivity contribution in [3.63, 3.8) is 0 Å². The quantitative estimate of drug-likeness (QED) is 0.517. The molecule has 29 heavy (non-hydrogen) atoms. The molecule has 10 heteroatoms. The van der Waals surface area contributed by atoms with E-state index in [1.807, 2.05) is 12.1 Å². The number of anilines is 1. The van der Waals surface area contributed by atoms with Gasteiger partial charge < -0.3 is 10.1 Å². The molecule has 0 aliphatic carbocycles. The van der Waals surface area contributed by atoms with Crippen LogP contribution in [-0.2, 0) is 11.8 Å². The molecule has 4 aromatic rings. The smallest absolute Gasteiger partial charge is 0.342 e. The molecule has 0 bridgehead atoms. The lowest BCUT2D eigenvalue weighted by Gasteiger charge is -2.08. The van der Waals surface area contributed by atoms with Crippen LogP contribution in [0.5, 0.6) is 0 Å². The fourth-order valence-electron chi connectivity index (χ4n) is 2.83. The van der Waals surface area contributed by atoms with Crippen LogP contribution in [0.2, 0.25) is 0 Å². The molecule has 0 aliphatic rings. The van der Waals surface area contributed by atoms with E-state index in [2.05, 4.69) is 25.5 Å². The highest BCUT2D eigenvalue weighted by Gasteiger charge is 2.23. The van der Waals surface area contributed by atoms with E-state index in [-0.39, 0.29) is 17.9 Å². The first-order valence-corrected chi connectivity index (χ1v) is 8.84. The first kappa shape index (κ1) is 18.3. The lowest BCUT2D eigenvalue weighted by molar-refractivity contribution is 0.0523. The van der Waals surface area contributed by atoms with E-state index >= 15 is 0 Å². The third kappa shape index (κ3) is 3.55. The van der Waals surface area contributed by atoms with E-state index in [1.165, 1.54) is 10.9 Å². The Kier molecular flexibility index (Phi) is 4.73. The van der Waals surface area contributed by atoms with Crippen LogP contribution < -0.4 is 5.32 Å². The number of carbonyl (C=O) groups excluding carboxylic acids is 2. The molecule has 0 saturated heterocycles. The number of aryl methyl sites for hydroxylation is 1. The molecule has 0 saturated carbocycles. The minimum absolute atomic E-state index is 0.104. The van der Waals surface area contributed by atoms with Gasteiger partial charge in [0.15, 0.2) is 11.5 Å². The van der Waals surface area contributed by atoms with Gasteiger partial charge in [-0.3, -0.25) is 14.5 Å². The van der Waals surface area contributed by atoms with Crippen molar-refractivity contribution >= 4 is 23.2 Å². The van der Waals surface area contributed by atoms with Crippen LogP contribution in [-0.4, -0.2) is 47.8 Å². The van der Waals surface area contributed by atoms with Crippen molar-refractivity contribution in [2.75, 3.05) is 11.9 Å². The Morgan fingerprint density at radius 1 is 1.21 bits per heavy atom. The Balaban J connectivity index is 1.61. The highest BCUT2D eigenvalue weighted by molar-refractivity contribution is 6.09. The van der Waals surface area contributed by atoms with Crippen LogP contribution in [0.15, 0.2) is 49.1 Å². The Hall–Kier alpha value is -4.08. The van der Waals surface area contributed by atoms with E-state index in [0.717, 1.165) is 5.56 Å². The number of hydrogen-bond acceptors (Lipinski definition) is 7. The third-order valence-electron chi connectivity index (χ3n) is 4.16. The summed E-state index contributed by atoms with van der Waals surface area (Å²) in [5, 5.41) is 11.2. The average Bonchev–Trinajstić information content (AvgIpc) is 3.32. The van der Waals surface area contributed by atoms with Gasteiger partial charge in [0.05, 0.1) is 24.7 Å². The number of amides is 1. The summed E-state index contributed by atoms with van der Waals surface area (Å²) in [6, 6.07) is 7.11. The van der Waals surface area contributed by atoms with Gasteiger partial charge in [0.1, 0.15) is 11.3 Å². The number of hydrogen-bond donors (Lipinski definition) is 1. The maximum atomic E-state index is 12.8. The summed E-state index contributed by atoms with van der Waals surface area (Å²) in [4.78, 5) is 33.3. The zero-order valence-corrected chi connectivity index (χ0v) is 15.7. The number of nitrogens with one attached hydrogen (secondary N) is 1. The molecule has 1 amide bonds. The van der Waals surface area contributed by atoms with Crippen molar-refractivity contribution in [1.82, 2.24) is 29.4 Å². The zero-order chi connectivity index (χ0) is 20.4. The van der Waals surface area contributed by atoms with Crippen LogP contribution >= 0.6 is 0 Å². The first-order chi connectivity index (χ1) is 14.1. The fourth-order valence-corrected chi connectivity index (χ4v) is 2.83. The molecule has 0 fully saturated rings. The first-order valence-electron chi connectivity index (χ1n) is 8.84. The number of nitrogens with zero attached hydrogens (tertiary/aromatic N) is 6. The van der Waals surface area contributed by atoms with Crippen molar-refractivity contribution in [2.24, 2.45) is 7.05 Å². The number of fused-ring (bicyclic) bond motifs is 1. The van der Waals surface area contributed by atoms with Crippen LogP contribution in [0.3, 0.4) is 0 Å². The van der Waals surface area contributed by atoms with Crippen molar-refractivity contribution in [3.8, 4) is 11.4 Å². The largest absolute Gasteiger partial charge is 0.462 e. The van der Waals surface area contributed by atoms with Gasteiger partial charge in [-0.15, -0.1) is 5.10 Å². The third-order valence-corrected chi connectivity index (χ3v) is 4.16. The summed E-state index contributed by atoms with van der Waals surface area (Å²) in [6.45, 7) is 1.90. The maximum Gasteiger partial charge on any atom is 0.342 e. The highest BCUT2D eigenvalue weighted by atomic mass is 16.5. The molecule has 0 radical (unpaired) electrons. The van der Waals surface area contributed by atoms with Gasteiger partial charge in [-0.2, -0.15) is 5.10 Å². The summed E-state index contributed by atoms with van der Waals surface area (Å²) >= 11 is 0. The molecular weight excluding hydrogens is 374 g/mol. The molecular formula is C19H17N7O3. The number of pyridine rings is 2. The van der Waals surface area contributed by atoms with Gasteiger partial charge in [0, 0.05) is 25.0 Å². The second-order valence-electron chi connectivity index (χ2n) is 6.10. The van der Waals surface area contributed by atoms with Crippen molar-refractivity contribution in [2.45, 2.75) is 6.92 Å². The molecule has 0 aliphatic heterocycles. The number of esters is 1. The molecule has 1 N–H and O–H groups in total. The summed E-state index contributed by atoms with van der Waals surface area (Å²) < 4.78 is 7.88. The van der Waals surface area contributed by atoms with Gasteiger partial charge in [-0.25, -0.2) is 14.3 Å². The van der Waals surface area contributed by atoms with E-state index in [0.29, 0.717) is 17.2 Å². The topological polar surface area (TPSA) is 116 Å². The Labute approximate surface area is 165 Å². The minimum atomic E-state index is -0.599. The number of rotatable bonds is 5.